The summed E-state index contributed by atoms with van der Waals surface area (Å²) in [5, 5.41) is 0. The molecule has 19 heavy (non-hydrogen) atoms. The third kappa shape index (κ3) is 2.61. The van der Waals surface area contributed by atoms with Crippen molar-refractivity contribution in [3.05, 3.63) is 22.8 Å². The number of aromatic nitrogens is 1. The Morgan fingerprint density at radius 1 is 1.32 bits per heavy atom. The average Bonchev–Trinajstić information content (AvgIpc) is 3.10. The van der Waals surface area contributed by atoms with Gasteiger partial charge in [0.1, 0.15) is 5.82 Å². The Labute approximate surface area is 121 Å². The summed E-state index contributed by atoms with van der Waals surface area (Å²) in [5.41, 5.74) is 0. The Balaban J connectivity index is 1.67. The summed E-state index contributed by atoms with van der Waals surface area (Å²) in [6.45, 7) is 3.61. The van der Waals surface area contributed by atoms with Gasteiger partial charge in [-0.25, -0.2) is 4.98 Å². The van der Waals surface area contributed by atoms with Crippen molar-refractivity contribution in [3.63, 3.8) is 0 Å². The van der Waals surface area contributed by atoms with Gasteiger partial charge in [0, 0.05) is 32.4 Å². The molecular formula is C14H18BrN3O. The van der Waals surface area contributed by atoms with Gasteiger partial charge < -0.3 is 9.80 Å². The van der Waals surface area contributed by atoms with E-state index in [-0.39, 0.29) is 5.92 Å². The van der Waals surface area contributed by atoms with E-state index in [0.717, 1.165) is 55.7 Å². The van der Waals surface area contributed by atoms with Gasteiger partial charge in [-0.2, -0.15) is 0 Å². The molecule has 1 aromatic rings. The molecular weight excluding hydrogens is 306 g/mol. The summed E-state index contributed by atoms with van der Waals surface area (Å²) in [4.78, 5) is 21.0. The number of carbonyl (C=O) groups excluding carboxylic acids is 1. The van der Waals surface area contributed by atoms with Gasteiger partial charge in [0.15, 0.2) is 0 Å². The Morgan fingerprint density at radius 2 is 2.11 bits per heavy atom. The van der Waals surface area contributed by atoms with Crippen molar-refractivity contribution in [2.45, 2.75) is 19.3 Å². The molecule has 0 aliphatic carbocycles. The minimum Gasteiger partial charge on any atom is -0.355 e. The van der Waals surface area contributed by atoms with Crippen LogP contribution in [0.4, 0.5) is 5.82 Å². The molecule has 0 N–H and O–H groups in total. The van der Waals surface area contributed by atoms with Gasteiger partial charge in [-0.05, 0) is 47.3 Å². The molecule has 3 heterocycles. The third-order valence-corrected chi connectivity index (χ3v) is 4.61. The summed E-state index contributed by atoms with van der Waals surface area (Å²) in [6.07, 6.45) is 5.07. The van der Waals surface area contributed by atoms with Crippen molar-refractivity contribution < 1.29 is 4.79 Å². The van der Waals surface area contributed by atoms with Crippen LogP contribution < -0.4 is 4.90 Å². The molecule has 1 unspecified atom stereocenters. The summed E-state index contributed by atoms with van der Waals surface area (Å²) in [5.74, 6) is 1.44. The fourth-order valence-corrected chi connectivity index (χ4v) is 3.47. The van der Waals surface area contributed by atoms with Gasteiger partial charge in [0.2, 0.25) is 5.91 Å². The fraction of sp³-hybridized carbons (Fsp3) is 0.571. The maximum absolute atomic E-state index is 12.4. The zero-order chi connectivity index (χ0) is 13.2. The van der Waals surface area contributed by atoms with E-state index in [1.165, 1.54) is 0 Å². The molecule has 102 valence electrons. The molecule has 0 bridgehead atoms. The Hall–Kier alpha value is -1.10. The number of likely N-dealkylation sites (tertiary alicyclic amines) is 1. The van der Waals surface area contributed by atoms with Gasteiger partial charge in [-0.3, -0.25) is 4.79 Å². The zero-order valence-electron chi connectivity index (χ0n) is 10.9. The standard InChI is InChI=1S/C14H18BrN3O/c15-12-4-3-6-16-13(12)18-9-5-11(10-18)14(19)17-7-1-2-8-17/h3-4,6,11H,1-2,5,7-10H2. The van der Waals surface area contributed by atoms with E-state index in [1.54, 1.807) is 6.20 Å². The minimum absolute atomic E-state index is 0.145. The van der Waals surface area contributed by atoms with E-state index in [4.69, 9.17) is 0 Å². The van der Waals surface area contributed by atoms with Gasteiger partial charge in [0.05, 0.1) is 10.4 Å². The molecule has 1 aromatic heterocycles. The van der Waals surface area contributed by atoms with E-state index < -0.39 is 0 Å². The van der Waals surface area contributed by atoms with Crippen LogP contribution in [0.25, 0.3) is 0 Å². The Morgan fingerprint density at radius 3 is 2.84 bits per heavy atom. The van der Waals surface area contributed by atoms with E-state index >= 15 is 0 Å². The van der Waals surface area contributed by atoms with Crippen LogP contribution in [-0.2, 0) is 4.79 Å². The van der Waals surface area contributed by atoms with Crippen molar-refractivity contribution in [1.29, 1.82) is 0 Å². The highest BCUT2D eigenvalue weighted by molar-refractivity contribution is 9.10. The second-order valence-corrected chi connectivity index (χ2v) is 6.13. The highest BCUT2D eigenvalue weighted by Gasteiger charge is 2.33. The van der Waals surface area contributed by atoms with Crippen molar-refractivity contribution in [2.24, 2.45) is 5.92 Å². The smallest absolute Gasteiger partial charge is 0.227 e. The zero-order valence-corrected chi connectivity index (χ0v) is 12.5. The fourth-order valence-electron chi connectivity index (χ4n) is 2.96. The maximum Gasteiger partial charge on any atom is 0.227 e. The van der Waals surface area contributed by atoms with Gasteiger partial charge in [0.25, 0.3) is 0 Å². The van der Waals surface area contributed by atoms with Crippen LogP contribution in [0.1, 0.15) is 19.3 Å². The molecule has 4 nitrogen and oxygen atoms in total. The molecule has 0 spiro atoms. The quantitative estimate of drug-likeness (QED) is 0.837. The lowest BCUT2D eigenvalue weighted by atomic mass is 10.1. The molecule has 2 fully saturated rings. The van der Waals surface area contributed by atoms with Crippen LogP contribution in [0.15, 0.2) is 22.8 Å². The van der Waals surface area contributed by atoms with Gasteiger partial charge in [-0.1, -0.05) is 0 Å². The third-order valence-electron chi connectivity index (χ3n) is 3.99. The normalized spacial score (nSPS) is 23.1. The van der Waals surface area contributed by atoms with Crippen LogP contribution in [0.5, 0.6) is 0 Å². The SMILES string of the molecule is O=C(C1CCN(c2ncccc2Br)C1)N1CCCC1. The number of pyridine rings is 1. The average molecular weight is 324 g/mol. The topological polar surface area (TPSA) is 36.4 Å². The molecule has 5 heteroatoms. The molecule has 0 saturated carbocycles. The molecule has 3 rings (SSSR count). The van der Waals surface area contributed by atoms with Crippen LogP contribution >= 0.6 is 15.9 Å². The number of amides is 1. The van der Waals surface area contributed by atoms with Gasteiger partial charge in [-0.15, -0.1) is 0 Å². The summed E-state index contributed by atoms with van der Waals surface area (Å²) in [7, 11) is 0. The number of anilines is 1. The maximum atomic E-state index is 12.4. The van der Waals surface area contributed by atoms with E-state index in [0.29, 0.717) is 5.91 Å². The monoisotopic (exact) mass is 323 g/mol. The molecule has 2 aliphatic rings. The van der Waals surface area contributed by atoms with E-state index in [1.807, 2.05) is 17.0 Å². The minimum atomic E-state index is 0.145. The van der Waals surface area contributed by atoms with Crippen LogP contribution in [0.2, 0.25) is 0 Å². The molecule has 2 aliphatic heterocycles. The van der Waals surface area contributed by atoms with Crippen LogP contribution in [-0.4, -0.2) is 42.0 Å². The second-order valence-electron chi connectivity index (χ2n) is 5.27. The molecule has 0 aromatic carbocycles. The summed E-state index contributed by atoms with van der Waals surface area (Å²) < 4.78 is 1.00. The van der Waals surface area contributed by atoms with Gasteiger partial charge >= 0.3 is 0 Å². The van der Waals surface area contributed by atoms with Crippen molar-refractivity contribution >= 4 is 27.7 Å². The van der Waals surface area contributed by atoms with Crippen molar-refractivity contribution in [2.75, 3.05) is 31.1 Å². The number of nitrogens with zero attached hydrogens (tertiary/aromatic N) is 3. The molecule has 1 amide bonds. The predicted octanol–water partition coefficient (Wildman–Crippen LogP) is 2.29. The first-order chi connectivity index (χ1) is 9.25. The lowest BCUT2D eigenvalue weighted by Gasteiger charge is -2.21. The Bertz CT molecular complexity index is 474. The van der Waals surface area contributed by atoms with Crippen molar-refractivity contribution in [3.8, 4) is 0 Å². The first-order valence-electron chi connectivity index (χ1n) is 6.90. The number of halogens is 1. The van der Waals surface area contributed by atoms with Crippen LogP contribution in [0, 0.1) is 5.92 Å². The number of hydrogen-bond acceptors (Lipinski definition) is 3. The number of hydrogen-bond donors (Lipinski definition) is 0. The highest BCUT2D eigenvalue weighted by atomic mass is 79.9. The molecule has 1 atom stereocenters. The number of carbonyl (C=O) groups is 1. The first-order valence-corrected chi connectivity index (χ1v) is 7.69. The molecule has 2 saturated heterocycles. The van der Waals surface area contributed by atoms with Crippen molar-refractivity contribution in [1.82, 2.24) is 9.88 Å². The lowest BCUT2D eigenvalue weighted by Crippen LogP contribution is -2.35. The Kier molecular flexibility index (Phi) is 3.73. The van der Waals surface area contributed by atoms with Crippen LogP contribution in [0.3, 0.4) is 0 Å². The summed E-state index contributed by atoms with van der Waals surface area (Å²) >= 11 is 3.53. The van der Waals surface area contributed by atoms with E-state index in [2.05, 4.69) is 25.8 Å². The summed E-state index contributed by atoms with van der Waals surface area (Å²) in [6, 6.07) is 3.91. The number of rotatable bonds is 2. The first kappa shape index (κ1) is 12.9. The highest BCUT2D eigenvalue weighted by Crippen LogP contribution is 2.29. The molecule has 0 radical (unpaired) electrons. The second kappa shape index (κ2) is 5.49. The lowest BCUT2D eigenvalue weighted by molar-refractivity contribution is -0.133. The largest absolute Gasteiger partial charge is 0.355 e. The van der Waals surface area contributed by atoms with E-state index in [9.17, 15) is 4.79 Å². The predicted molar refractivity (Wildman–Crippen MR) is 78.1 cm³/mol.